The van der Waals surface area contributed by atoms with Crippen molar-refractivity contribution < 1.29 is 0 Å². The molecule has 1 fully saturated rings. The molecule has 0 amide bonds. The summed E-state index contributed by atoms with van der Waals surface area (Å²) in [6.45, 7) is 2.88. The van der Waals surface area contributed by atoms with Gasteiger partial charge in [0.15, 0.2) is 0 Å². The Labute approximate surface area is 110 Å². The maximum absolute atomic E-state index is 6.25. The summed E-state index contributed by atoms with van der Waals surface area (Å²) in [6.07, 6.45) is 2.53. The van der Waals surface area contributed by atoms with Crippen LogP contribution in [0.5, 0.6) is 0 Å². The molecule has 0 aliphatic carbocycles. The van der Waals surface area contributed by atoms with Gasteiger partial charge < -0.3 is 5.73 Å². The molecule has 1 unspecified atom stereocenters. The van der Waals surface area contributed by atoms with Crippen molar-refractivity contribution in [1.82, 2.24) is 4.90 Å². The predicted molar refractivity (Wildman–Crippen MR) is 71.8 cm³/mol. The fourth-order valence-electron chi connectivity index (χ4n) is 2.30. The number of halogens is 2. The number of likely N-dealkylation sites (tertiary alicyclic amines) is 1. The zero-order chi connectivity index (χ0) is 11.5. The van der Waals surface area contributed by atoms with Crippen molar-refractivity contribution in [2.45, 2.75) is 18.9 Å². The van der Waals surface area contributed by atoms with E-state index in [9.17, 15) is 0 Å². The molecule has 0 saturated carbocycles. The van der Waals surface area contributed by atoms with Crippen molar-refractivity contribution in [3.63, 3.8) is 0 Å². The van der Waals surface area contributed by atoms with Crippen LogP contribution in [0, 0.1) is 0 Å². The highest BCUT2D eigenvalue weighted by molar-refractivity contribution is 9.10. The molecular formula is C12H16BrClN2. The molecule has 1 aliphatic heterocycles. The number of benzene rings is 1. The lowest BCUT2D eigenvalue weighted by atomic mass is 10.1. The van der Waals surface area contributed by atoms with Crippen molar-refractivity contribution in [2.24, 2.45) is 5.73 Å². The third kappa shape index (κ3) is 2.59. The van der Waals surface area contributed by atoms with Gasteiger partial charge in [0.05, 0.1) is 0 Å². The van der Waals surface area contributed by atoms with Crippen LogP contribution in [0.2, 0.25) is 5.02 Å². The Balaban J connectivity index is 2.28. The van der Waals surface area contributed by atoms with E-state index in [1.54, 1.807) is 0 Å². The van der Waals surface area contributed by atoms with Crippen molar-refractivity contribution in [1.29, 1.82) is 0 Å². The molecule has 1 heterocycles. The van der Waals surface area contributed by atoms with Gasteiger partial charge in [0.1, 0.15) is 0 Å². The predicted octanol–water partition coefficient (Wildman–Crippen LogP) is 3.20. The maximum atomic E-state index is 6.25. The van der Waals surface area contributed by atoms with Crippen LogP contribution in [0.1, 0.15) is 24.4 Å². The molecular weight excluding hydrogens is 288 g/mol. The molecule has 1 aromatic rings. The van der Waals surface area contributed by atoms with E-state index in [4.69, 9.17) is 17.3 Å². The Hall–Kier alpha value is -0.0900. The van der Waals surface area contributed by atoms with Crippen molar-refractivity contribution in [3.8, 4) is 0 Å². The Morgan fingerprint density at radius 2 is 2.06 bits per heavy atom. The molecule has 1 aromatic carbocycles. The summed E-state index contributed by atoms with van der Waals surface area (Å²) in [5.74, 6) is 0. The van der Waals surface area contributed by atoms with Crippen LogP contribution in [0.3, 0.4) is 0 Å². The number of rotatable bonds is 3. The summed E-state index contributed by atoms with van der Waals surface area (Å²) >= 11 is 9.73. The van der Waals surface area contributed by atoms with Crippen LogP contribution < -0.4 is 5.73 Å². The Morgan fingerprint density at radius 3 is 2.69 bits per heavy atom. The van der Waals surface area contributed by atoms with Crippen LogP contribution in [0.4, 0.5) is 0 Å². The third-order valence-corrected chi connectivity index (χ3v) is 3.96. The molecule has 1 saturated heterocycles. The van der Waals surface area contributed by atoms with Gasteiger partial charge in [0.25, 0.3) is 0 Å². The van der Waals surface area contributed by atoms with Crippen molar-refractivity contribution >= 4 is 27.5 Å². The molecule has 2 N–H and O–H groups in total. The average Bonchev–Trinajstić information content (AvgIpc) is 2.78. The minimum Gasteiger partial charge on any atom is -0.329 e. The highest BCUT2D eigenvalue weighted by atomic mass is 79.9. The van der Waals surface area contributed by atoms with Crippen LogP contribution in [0.25, 0.3) is 0 Å². The van der Waals surface area contributed by atoms with E-state index in [1.807, 2.05) is 12.1 Å². The number of nitrogens with two attached hydrogens (primary N) is 1. The van der Waals surface area contributed by atoms with Crippen LogP contribution in [-0.4, -0.2) is 24.5 Å². The second kappa shape index (κ2) is 5.50. The number of nitrogens with zero attached hydrogens (tertiary/aromatic N) is 1. The molecule has 0 radical (unpaired) electrons. The van der Waals surface area contributed by atoms with Gasteiger partial charge in [0.2, 0.25) is 0 Å². The van der Waals surface area contributed by atoms with Gasteiger partial charge in [-0.2, -0.15) is 0 Å². The quantitative estimate of drug-likeness (QED) is 0.929. The number of hydrogen-bond donors (Lipinski definition) is 1. The molecule has 1 aliphatic rings. The van der Waals surface area contributed by atoms with Gasteiger partial charge in [-0.1, -0.05) is 27.5 Å². The largest absolute Gasteiger partial charge is 0.329 e. The maximum Gasteiger partial charge on any atom is 0.0485 e. The first-order valence-corrected chi connectivity index (χ1v) is 6.78. The molecule has 4 heteroatoms. The lowest BCUT2D eigenvalue weighted by molar-refractivity contribution is 0.251. The molecule has 0 bridgehead atoms. The second-order valence-corrected chi connectivity index (χ2v) is 5.48. The summed E-state index contributed by atoms with van der Waals surface area (Å²) < 4.78 is 1.06. The van der Waals surface area contributed by atoms with E-state index < -0.39 is 0 Å². The van der Waals surface area contributed by atoms with E-state index in [0.717, 1.165) is 28.1 Å². The van der Waals surface area contributed by atoms with E-state index in [2.05, 4.69) is 26.9 Å². The first kappa shape index (κ1) is 12.4. The minimum atomic E-state index is 0.257. The zero-order valence-electron chi connectivity index (χ0n) is 9.13. The van der Waals surface area contributed by atoms with Crippen molar-refractivity contribution in [2.75, 3.05) is 19.6 Å². The van der Waals surface area contributed by atoms with Crippen molar-refractivity contribution in [3.05, 3.63) is 33.3 Å². The van der Waals surface area contributed by atoms with Gasteiger partial charge in [0, 0.05) is 22.1 Å². The topological polar surface area (TPSA) is 29.3 Å². The van der Waals surface area contributed by atoms with E-state index in [0.29, 0.717) is 6.54 Å². The fraction of sp³-hybridized carbons (Fsp3) is 0.500. The van der Waals surface area contributed by atoms with E-state index >= 15 is 0 Å². The van der Waals surface area contributed by atoms with Gasteiger partial charge in [-0.25, -0.2) is 0 Å². The molecule has 88 valence electrons. The van der Waals surface area contributed by atoms with E-state index in [1.165, 1.54) is 12.8 Å². The number of hydrogen-bond acceptors (Lipinski definition) is 2. The first-order valence-electron chi connectivity index (χ1n) is 5.61. The Bertz CT molecular complexity index is 364. The standard InChI is InChI=1S/C12H16BrClN2/c13-9-3-4-11(14)10(7-9)12(8-15)16-5-1-2-6-16/h3-4,7,12H,1-2,5-6,8,15H2. The summed E-state index contributed by atoms with van der Waals surface area (Å²) in [6, 6.07) is 6.23. The second-order valence-electron chi connectivity index (χ2n) is 4.16. The van der Waals surface area contributed by atoms with Crippen LogP contribution in [-0.2, 0) is 0 Å². The van der Waals surface area contributed by atoms with Gasteiger partial charge in [-0.05, 0) is 49.7 Å². The molecule has 0 aromatic heterocycles. The summed E-state index contributed by atoms with van der Waals surface area (Å²) in [5.41, 5.74) is 7.03. The molecule has 2 nitrogen and oxygen atoms in total. The lowest BCUT2D eigenvalue weighted by Gasteiger charge is -2.27. The Morgan fingerprint density at radius 1 is 1.38 bits per heavy atom. The molecule has 0 spiro atoms. The van der Waals surface area contributed by atoms with Gasteiger partial charge >= 0.3 is 0 Å². The van der Waals surface area contributed by atoms with Crippen LogP contribution >= 0.6 is 27.5 Å². The molecule has 16 heavy (non-hydrogen) atoms. The molecule has 1 atom stereocenters. The van der Waals surface area contributed by atoms with Gasteiger partial charge in [-0.15, -0.1) is 0 Å². The summed E-state index contributed by atoms with van der Waals surface area (Å²) in [5, 5.41) is 0.811. The Kier molecular flexibility index (Phi) is 4.25. The summed E-state index contributed by atoms with van der Waals surface area (Å²) in [7, 11) is 0. The normalized spacial score (nSPS) is 18.9. The smallest absolute Gasteiger partial charge is 0.0485 e. The zero-order valence-corrected chi connectivity index (χ0v) is 11.5. The third-order valence-electron chi connectivity index (χ3n) is 3.12. The first-order chi connectivity index (χ1) is 7.72. The van der Waals surface area contributed by atoms with Crippen LogP contribution in [0.15, 0.2) is 22.7 Å². The van der Waals surface area contributed by atoms with Gasteiger partial charge in [-0.3, -0.25) is 4.90 Å². The SMILES string of the molecule is NCC(c1cc(Br)ccc1Cl)N1CCCC1. The monoisotopic (exact) mass is 302 g/mol. The fourth-order valence-corrected chi connectivity index (χ4v) is 2.92. The lowest BCUT2D eigenvalue weighted by Crippen LogP contribution is -2.31. The minimum absolute atomic E-state index is 0.257. The molecule has 2 rings (SSSR count). The average molecular weight is 304 g/mol. The summed E-state index contributed by atoms with van der Waals surface area (Å²) in [4.78, 5) is 2.42. The highest BCUT2D eigenvalue weighted by Crippen LogP contribution is 2.31. The highest BCUT2D eigenvalue weighted by Gasteiger charge is 2.23. The van der Waals surface area contributed by atoms with E-state index in [-0.39, 0.29) is 6.04 Å².